The lowest BCUT2D eigenvalue weighted by Gasteiger charge is -2.34. The number of fused-ring (bicyclic) bond motifs is 1. The standard InChI is InChI=1S/C16H25N3/c17-6-9-18-7-3-8-19(11-10-18)13-15-12-14-4-1-2-5-16(14)15/h1-2,4-5,15H,3,6-13,17H2. The quantitative estimate of drug-likeness (QED) is 0.884. The number of rotatable bonds is 4. The van der Waals surface area contributed by atoms with Gasteiger partial charge >= 0.3 is 0 Å². The van der Waals surface area contributed by atoms with Gasteiger partial charge in [0.25, 0.3) is 0 Å². The first-order chi connectivity index (χ1) is 9.36. The van der Waals surface area contributed by atoms with Crippen molar-refractivity contribution < 1.29 is 0 Å². The fourth-order valence-corrected chi connectivity index (χ4v) is 3.45. The predicted octanol–water partition coefficient (Wildman–Crippen LogP) is 1.29. The topological polar surface area (TPSA) is 32.5 Å². The molecule has 3 nitrogen and oxygen atoms in total. The van der Waals surface area contributed by atoms with E-state index in [9.17, 15) is 0 Å². The highest BCUT2D eigenvalue weighted by Crippen LogP contribution is 2.35. The summed E-state index contributed by atoms with van der Waals surface area (Å²) in [6.07, 6.45) is 2.56. The number of nitrogens with two attached hydrogens (primary N) is 1. The van der Waals surface area contributed by atoms with Crippen molar-refractivity contribution in [2.24, 2.45) is 5.73 Å². The first-order valence-corrected chi connectivity index (χ1v) is 7.59. The minimum absolute atomic E-state index is 0.775. The zero-order valence-electron chi connectivity index (χ0n) is 11.7. The van der Waals surface area contributed by atoms with Crippen molar-refractivity contribution in [3.05, 3.63) is 35.4 Å². The van der Waals surface area contributed by atoms with E-state index in [0.717, 1.165) is 19.0 Å². The van der Waals surface area contributed by atoms with Crippen LogP contribution in [0.4, 0.5) is 0 Å². The lowest BCUT2D eigenvalue weighted by molar-refractivity contribution is 0.243. The van der Waals surface area contributed by atoms with Crippen LogP contribution < -0.4 is 5.73 Å². The normalized spacial score (nSPS) is 24.6. The predicted molar refractivity (Wildman–Crippen MR) is 79.4 cm³/mol. The third-order valence-corrected chi connectivity index (χ3v) is 4.57. The van der Waals surface area contributed by atoms with Crippen LogP contribution in [0.5, 0.6) is 0 Å². The summed E-state index contributed by atoms with van der Waals surface area (Å²) in [7, 11) is 0. The Labute approximate surface area is 116 Å². The van der Waals surface area contributed by atoms with Crippen molar-refractivity contribution in [1.29, 1.82) is 0 Å². The van der Waals surface area contributed by atoms with Crippen LogP contribution in [-0.2, 0) is 6.42 Å². The van der Waals surface area contributed by atoms with Gasteiger partial charge in [0.15, 0.2) is 0 Å². The van der Waals surface area contributed by atoms with Crippen molar-refractivity contribution in [2.75, 3.05) is 45.8 Å². The van der Waals surface area contributed by atoms with Gasteiger partial charge in [0.1, 0.15) is 0 Å². The molecule has 1 aliphatic carbocycles. The molecule has 1 atom stereocenters. The summed E-state index contributed by atoms with van der Waals surface area (Å²) in [5, 5.41) is 0. The van der Waals surface area contributed by atoms with E-state index in [-0.39, 0.29) is 0 Å². The number of hydrogen-bond donors (Lipinski definition) is 1. The molecule has 19 heavy (non-hydrogen) atoms. The summed E-state index contributed by atoms with van der Waals surface area (Å²) in [4.78, 5) is 5.16. The lowest BCUT2D eigenvalue weighted by Crippen LogP contribution is -2.37. The number of nitrogens with zero attached hydrogens (tertiary/aromatic N) is 2. The molecule has 1 unspecified atom stereocenters. The summed E-state index contributed by atoms with van der Waals surface area (Å²) >= 11 is 0. The van der Waals surface area contributed by atoms with Crippen molar-refractivity contribution in [2.45, 2.75) is 18.8 Å². The van der Waals surface area contributed by atoms with Crippen LogP contribution in [0.25, 0.3) is 0 Å². The van der Waals surface area contributed by atoms with Gasteiger partial charge in [0.2, 0.25) is 0 Å². The van der Waals surface area contributed by atoms with Crippen molar-refractivity contribution in [3.8, 4) is 0 Å². The summed E-state index contributed by atoms with van der Waals surface area (Å²) in [5.41, 5.74) is 8.80. The summed E-state index contributed by atoms with van der Waals surface area (Å²) < 4.78 is 0. The molecule has 0 spiro atoms. The van der Waals surface area contributed by atoms with Crippen LogP contribution in [-0.4, -0.2) is 55.6 Å². The van der Waals surface area contributed by atoms with E-state index in [1.54, 1.807) is 11.1 Å². The minimum atomic E-state index is 0.775. The molecule has 2 N–H and O–H groups in total. The molecule has 1 aromatic carbocycles. The average molecular weight is 259 g/mol. The maximum atomic E-state index is 5.65. The van der Waals surface area contributed by atoms with E-state index in [1.807, 2.05) is 0 Å². The summed E-state index contributed by atoms with van der Waals surface area (Å²) in [5.74, 6) is 0.775. The molecule has 0 radical (unpaired) electrons. The Morgan fingerprint density at radius 1 is 1.05 bits per heavy atom. The number of benzene rings is 1. The van der Waals surface area contributed by atoms with Crippen molar-refractivity contribution >= 4 is 0 Å². The third-order valence-electron chi connectivity index (χ3n) is 4.57. The molecule has 1 fully saturated rings. The van der Waals surface area contributed by atoms with E-state index in [4.69, 9.17) is 5.73 Å². The van der Waals surface area contributed by atoms with E-state index in [2.05, 4.69) is 34.1 Å². The molecular formula is C16H25N3. The van der Waals surface area contributed by atoms with Crippen LogP contribution in [0.2, 0.25) is 0 Å². The molecule has 0 saturated carbocycles. The van der Waals surface area contributed by atoms with Gasteiger partial charge < -0.3 is 15.5 Å². The fraction of sp³-hybridized carbons (Fsp3) is 0.625. The zero-order valence-corrected chi connectivity index (χ0v) is 11.7. The molecule has 1 aromatic rings. The van der Waals surface area contributed by atoms with Gasteiger partial charge in [-0.3, -0.25) is 0 Å². The first-order valence-electron chi connectivity index (χ1n) is 7.59. The molecular weight excluding hydrogens is 234 g/mol. The Morgan fingerprint density at radius 3 is 2.68 bits per heavy atom. The first kappa shape index (κ1) is 13.1. The van der Waals surface area contributed by atoms with Crippen molar-refractivity contribution in [1.82, 2.24) is 9.80 Å². The Bertz CT molecular complexity index is 418. The van der Waals surface area contributed by atoms with Gasteiger partial charge in [-0.25, -0.2) is 0 Å². The zero-order chi connectivity index (χ0) is 13.1. The molecule has 3 rings (SSSR count). The molecule has 0 amide bonds. The van der Waals surface area contributed by atoms with Gasteiger partial charge in [0.05, 0.1) is 0 Å². The minimum Gasteiger partial charge on any atom is -0.329 e. The van der Waals surface area contributed by atoms with E-state index in [1.165, 1.54) is 45.6 Å². The second-order valence-corrected chi connectivity index (χ2v) is 5.88. The van der Waals surface area contributed by atoms with Crippen LogP contribution in [0.3, 0.4) is 0 Å². The molecule has 3 heteroatoms. The van der Waals surface area contributed by atoms with Gasteiger partial charge in [-0.15, -0.1) is 0 Å². The van der Waals surface area contributed by atoms with Crippen molar-refractivity contribution in [3.63, 3.8) is 0 Å². The van der Waals surface area contributed by atoms with E-state index >= 15 is 0 Å². The summed E-state index contributed by atoms with van der Waals surface area (Å²) in [6, 6.07) is 8.92. The molecule has 104 valence electrons. The monoisotopic (exact) mass is 259 g/mol. The van der Waals surface area contributed by atoms with Crippen LogP contribution in [0, 0.1) is 0 Å². The second-order valence-electron chi connectivity index (χ2n) is 5.88. The average Bonchev–Trinajstić information content (AvgIpc) is 2.62. The lowest BCUT2D eigenvalue weighted by atomic mass is 9.77. The van der Waals surface area contributed by atoms with Gasteiger partial charge in [0, 0.05) is 38.6 Å². The van der Waals surface area contributed by atoms with Gasteiger partial charge in [-0.05, 0) is 37.1 Å². The molecule has 1 heterocycles. The molecule has 1 aliphatic heterocycles. The van der Waals surface area contributed by atoms with Gasteiger partial charge in [-0.1, -0.05) is 24.3 Å². The SMILES string of the molecule is NCCN1CCCN(CC2Cc3ccccc32)CC1. The van der Waals surface area contributed by atoms with Gasteiger partial charge in [-0.2, -0.15) is 0 Å². The maximum Gasteiger partial charge on any atom is 0.0110 e. The molecule has 0 bridgehead atoms. The molecule has 1 saturated heterocycles. The second kappa shape index (κ2) is 6.04. The highest BCUT2D eigenvalue weighted by molar-refractivity contribution is 5.40. The van der Waals surface area contributed by atoms with E-state index in [0.29, 0.717) is 0 Å². The highest BCUT2D eigenvalue weighted by atomic mass is 15.2. The van der Waals surface area contributed by atoms with Crippen LogP contribution in [0.1, 0.15) is 23.5 Å². The Hall–Kier alpha value is -0.900. The fourth-order valence-electron chi connectivity index (χ4n) is 3.45. The van der Waals surface area contributed by atoms with Crippen LogP contribution >= 0.6 is 0 Å². The largest absolute Gasteiger partial charge is 0.329 e. The Morgan fingerprint density at radius 2 is 1.84 bits per heavy atom. The van der Waals surface area contributed by atoms with E-state index < -0.39 is 0 Å². The highest BCUT2D eigenvalue weighted by Gasteiger charge is 2.27. The Balaban J connectivity index is 1.52. The Kier molecular flexibility index (Phi) is 4.16. The van der Waals surface area contributed by atoms with Crippen LogP contribution in [0.15, 0.2) is 24.3 Å². The maximum absolute atomic E-state index is 5.65. The molecule has 2 aliphatic rings. The third kappa shape index (κ3) is 2.99. The number of hydrogen-bond acceptors (Lipinski definition) is 3. The molecule has 0 aromatic heterocycles. The summed E-state index contributed by atoms with van der Waals surface area (Å²) in [6.45, 7) is 7.95. The smallest absolute Gasteiger partial charge is 0.0110 e.